The Morgan fingerprint density at radius 1 is 0.938 bits per heavy atom. The Labute approximate surface area is 290 Å². The van der Waals surface area contributed by atoms with Crippen LogP contribution in [0.4, 0.5) is 4.79 Å². The summed E-state index contributed by atoms with van der Waals surface area (Å²) in [5.74, 6) is -2.71. The lowest BCUT2D eigenvalue weighted by atomic mass is 9.91. The third kappa shape index (κ3) is 14.0. The number of sulfone groups is 1. The highest BCUT2D eigenvalue weighted by Gasteiger charge is 2.37. The van der Waals surface area contributed by atoms with Crippen molar-refractivity contribution in [2.45, 2.75) is 130 Å². The minimum atomic E-state index is -3.75. The van der Waals surface area contributed by atoms with Crippen LogP contribution in [0, 0.1) is 30.6 Å². The first-order valence-corrected chi connectivity index (χ1v) is 19.6. The third-order valence-corrected chi connectivity index (χ3v) is 11.5. The quantitative estimate of drug-likeness (QED) is 0.143. The van der Waals surface area contributed by atoms with Crippen LogP contribution in [-0.4, -0.2) is 84.1 Å². The lowest BCUT2D eigenvalue weighted by Gasteiger charge is -2.30. The molecular formula is C33H57N5O8S2. The second-order valence-electron chi connectivity index (χ2n) is 14.2. The summed E-state index contributed by atoms with van der Waals surface area (Å²) >= 11 is 1.31. The maximum Gasteiger partial charge on any atom is 0.408 e. The zero-order valence-electron chi connectivity index (χ0n) is 29.7. The normalized spacial score (nSPS) is 17.1. The lowest BCUT2D eigenvalue weighted by molar-refractivity contribution is -0.132. The van der Waals surface area contributed by atoms with Crippen LogP contribution in [0.3, 0.4) is 0 Å². The third-order valence-electron chi connectivity index (χ3n) is 8.30. The van der Waals surface area contributed by atoms with Crippen molar-refractivity contribution in [2.75, 3.05) is 12.3 Å². The van der Waals surface area contributed by atoms with Crippen molar-refractivity contribution in [1.82, 2.24) is 26.3 Å². The van der Waals surface area contributed by atoms with Crippen molar-refractivity contribution >= 4 is 45.0 Å². The zero-order chi connectivity index (χ0) is 36.2. The number of amides is 4. The molecule has 1 fully saturated rings. The molecular weight excluding hydrogens is 659 g/mol. The van der Waals surface area contributed by atoms with E-state index in [1.807, 2.05) is 41.5 Å². The van der Waals surface area contributed by atoms with E-state index in [0.29, 0.717) is 30.8 Å². The van der Waals surface area contributed by atoms with Crippen molar-refractivity contribution in [2.24, 2.45) is 23.7 Å². The molecule has 1 saturated carbocycles. The summed E-state index contributed by atoms with van der Waals surface area (Å²) in [7, 11) is -3.75. The summed E-state index contributed by atoms with van der Waals surface area (Å²) in [6.45, 7) is 15.2. The van der Waals surface area contributed by atoms with Crippen LogP contribution in [0.15, 0.2) is 5.38 Å². The van der Waals surface area contributed by atoms with Gasteiger partial charge < -0.3 is 31.1 Å². The van der Waals surface area contributed by atoms with Gasteiger partial charge in [0.2, 0.25) is 17.7 Å². The summed E-state index contributed by atoms with van der Waals surface area (Å²) < 4.78 is 31.8. The molecule has 0 radical (unpaired) electrons. The zero-order valence-corrected chi connectivity index (χ0v) is 31.3. The van der Waals surface area contributed by atoms with E-state index in [-0.39, 0.29) is 36.7 Å². The second-order valence-corrected chi connectivity index (χ2v) is 17.5. The van der Waals surface area contributed by atoms with Crippen molar-refractivity contribution in [3.63, 3.8) is 0 Å². The first kappa shape index (κ1) is 41.4. The largest absolute Gasteiger partial charge is 0.442 e. The Hall–Kier alpha value is -2.78. The topological polar surface area (TPSA) is 193 Å². The molecule has 13 nitrogen and oxygen atoms in total. The van der Waals surface area contributed by atoms with E-state index in [1.165, 1.54) is 11.3 Å². The maximum absolute atomic E-state index is 13.7. The Balaban J connectivity index is 2.16. The molecule has 48 heavy (non-hydrogen) atoms. The Morgan fingerprint density at radius 2 is 1.58 bits per heavy atom. The molecule has 1 unspecified atom stereocenters. The molecule has 274 valence electrons. The minimum Gasteiger partial charge on any atom is -0.442 e. The molecule has 4 amide bonds. The number of aryl methyl sites for hydroxylation is 1. The van der Waals surface area contributed by atoms with Gasteiger partial charge in [0.05, 0.1) is 23.1 Å². The number of aliphatic hydroxyl groups excluding tert-OH is 1. The first-order valence-electron chi connectivity index (χ1n) is 17.0. The molecule has 0 spiro atoms. The number of thiazole rings is 1. The van der Waals surface area contributed by atoms with Crippen LogP contribution in [0.25, 0.3) is 0 Å². The van der Waals surface area contributed by atoms with Crippen molar-refractivity contribution in [3.8, 4) is 0 Å². The predicted octanol–water partition coefficient (Wildman–Crippen LogP) is 3.23. The fourth-order valence-corrected chi connectivity index (χ4v) is 8.27. The van der Waals surface area contributed by atoms with E-state index < -0.39 is 68.9 Å². The summed E-state index contributed by atoms with van der Waals surface area (Å²) in [6.07, 6.45) is 0.687. The molecule has 0 saturated heterocycles. The van der Waals surface area contributed by atoms with Gasteiger partial charge in [-0.25, -0.2) is 18.2 Å². The standard InChI is InChI=1S/C33H57N5O8S2/c1-19(2)13-25(27(39)14-22(7)30(40)38-29(21(5)6)32(42)34-15-20(3)4)36-31(41)26(18-48(44,45)24-11-9-10-12-24)37-33(43)46-16-28-35-23(8)17-47-28/h17,19-22,24-27,29,39H,9-16,18H2,1-8H3,(H,34,42)(H,36,41)(H,37,43)(H,38,40)/t22-,25-,26?,27+,29-/m1/s1. The van der Waals surface area contributed by atoms with Gasteiger partial charge in [-0.1, -0.05) is 61.3 Å². The molecule has 0 aromatic carbocycles. The monoisotopic (exact) mass is 715 g/mol. The molecule has 2 rings (SSSR count). The van der Waals surface area contributed by atoms with Crippen LogP contribution in [0.1, 0.15) is 97.7 Å². The van der Waals surface area contributed by atoms with Gasteiger partial charge in [0.1, 0.15) is 23.7 Å². The molecule has 0 bridgehead atoms. The van der Waals surface area contributed by atoms with Crippen molar-refractivity contribution in [1.29, 1.82) is 0 Å². The predicted molar refractivity (Wildman–Crippen MR) is 186 cm³/mol. The number of nitrogens with one attached hydrogen (secondary N) is 4. The maximum atomic E-state index is 13.7. The molecule has 5 atom stereocenters. The average Bonchev–Trinajstić information content (AvgIpc) is 3.69. The SMILES string of the molecule is Cc1csc(COC(=O)NC(CS(=O)(=O)C2CCCC2)C(=O)N[C@H](CC(C)C)[C@@H](O)C[C@@H](C)C(=O)N[C@@H](C(=O)NCC(C)C)C(C)C)n1. The molecule has 1 aliphatic rings. The van der Waals surface area contributed by atoms with E-state index >= 15 is 0 Å². The first-order chi connectivity index (χ1) is 22.4. The van der Waals surface area contributed by atoms with Gasteiger partial charge >= 0.3 is 6.09 Å². The number of hydrogen-bond donors (Lipinski definition) is 5. The molecule has 5 N–H and O–H groups in total. The van der Waals surface area contributed by atoms with Gasteiger partial charge in [0, 0.05) is 23.5 Å². The van der Waals surface area contributed by atoms with Crippen LogP contribution in [0.5, 0.6) is 0 Å². The fourth-order valence-electron chi connectivity index (χ4n) is 5.56. The number of rotatable bonds is 19. The lowest BCUT2D eigenvalue weighted by Crippen LogP contribution is -2.56. The van der Waals surface area contributed by atoms with E-state index in [1.54, 1.807) is 19.2 Å². The highest BCUT2D eigenvalue weighted by atomic mass is 32.2. The Kier molecular flexibility index (Phi) is 16.7. The van der Waals surface area contributed by atoms with Gasteiger partial charge in [-0.15, -0.1) is 11.3 Å². The summed E-state index contributed by atoms with van der Waals surface area (Å²) in [5.41, 5.74) is 0.771. The molecule has 15 heteroatoms. The number of aliphatic hydroxyl groups is 1. The van der Waals surface area contributed by atoms with E-state index in [9.17, 15) is 32.7 Å². The average molecular weight is 716 g/mol. The number of nitrogens with zero attached hydrogens (tertiary/aromatic N) is 1. The smallest absolute Gasteiger partial charge is 0.408 e. The van der Waals surface area contributed by atoms with E-state index in [2.05, 4.69) is 26.3 Å². The van der Waals surface area contributed by atoms with Gasteiger partial charge in [-0.05, 0) is 50.4 Å². The number of carbonyl (C=O) groups is 4. The van der Waals surface area contributed by atoms with Crippen molar-refractivity contribution in [3.05, 3.63) is 16.1 Å². The summed E-state index contributed by atoms with van der Waals surface area (Å²) in [5, 5.41) is 23.9. The Morgan fingerprint density at radius 3 is 2.12 bits per heavy atom. The second kappa shape index (κ2) is 19.4. The van der Waals surface area contributed by atoms with Gasteiger partial charge in [0.25, 0.3) is 0 Å². The highest BCUT2D eigenvalue weighted by Crippen LogP contribution is 2.26. The molecule has 1 aromatic rings. The van der Waals surface area contributed by atoms with Crippen LogP contribution in [-0.2, 0) is 35.6 Å². The van der Waals surface area contributed by atoms with Gasteiger partial charge in [0.15, 0.2) is 9.84 Å². The summed E-state index contributed by atoms with van der Waals surface area (Å²) in [6, 6.07) is -3.08. The van der Waals surface area contributed by atoms with E-state index in [0.717, 1.165) is 18.5 Å². The van der Waals surface area contributed by atoms with Crippen LogP contribution in [0.2, 0.25) is 0 Å². The molecule has 1 aliphatic carbocycles. The molecule has 1 aromatic heterocycles. The minimum absolute atomic E-state index is 0.0180. The number of aromatic nitrogens is 1. The highest BCUT2D eigenvalue weighted by molar-refractivity contribution is 7.92. The van der Waals surface area contributed by atoms with E-state index in [4.69, 9.17) is 4.74 Å². The number of ether oxygens (including phenoxy) is 1. The van der Waals surface area contributed by atoms with Crippen molar-refractivity contribution < 1.29 is 37.4 Å². The summed E-state index contributed by atoms with van der Waals surface area (Å²) in [4.78, 5) is 56.6. The fraction of sp³-hybridized carbons (Fsp3) is 0.788. The molecule has 0 aliphatic heterocycles. The van der Waals surface area contributed by atoms with Gasteiger partial charge in [-0.3, -0.25) is 14.4 Å². The number of alkyl carbamates (subject to hydrolysis) is 1. The Bertz CT molecular complexity index is 1310. The van der Waals surface area contributed by atoms with Gasteiger partial charge in [-0.2, -0.15) is 0 Å². The van der Waals surface area contributed by atoms with Crippen LogP contribution >= 0.6 is 11.3 Å². The number of hydrogen-bond acceptors (Lipinski definition) is 10. The number of carbonyl (C=O) groups excluding carboxylic acids is 4. The van der Waals surface area contributed by atoms with Crippen LogP contribution < -0.4 is 21.3 Å². The molecule has 1 heterocycles.